The van der Waals surface area contributed by atoms with Crippen molar-refractivity contribution in [2.45, 2.75) is 56.8 Å². The molecule has 37 heavy (non-hydrogen) atoms. The van der Waals surface area contributed by atoms with Gasteiger partial charge < -0.3 is 20.7 Å². The van der Waals surface area contributed by atoms with Gasteiger partial charge in [0.05, 0.1) is 12.7 Å². The van der Waals surface area contributed by atoms with Gasteiger partial charge >= 0.3 is 0 Å². The van der Waals surface area contributed by atoms with E-state index >= 15 is 0 Å². The maximum Gasteiger partial charge on any atom is 0.253 e. The number of aromatic nitrogens is 1. The molecule has 2 aliphatic rings. The molecule has 3 N–H and O–H groups in total. The molecule has 0 aliphatic carbocycles. The molecule has 4 unspecified atom stereocenters. The molecule has 1 aromatic heterocycles. The lowest BCUT2D eigenvalue weighted by Crippen LogP contribution is -2.53. The molecule has 192 valence electrons. The molecule has 8 heteroatoms. The summed E-state index contributed by atoms with van der Waals surface area (Å²) in [6, 6.07) is 15.7. The summed E-state index contributed by atoms with van der Waals surface area (Å²) in [5.41, 5.74) is 3.52. The number of rotatable bonds is 7. The maximum atomic E-state index is 13.3. The zero-order chi connectivity index (χ0) is 25.9. The summed E-state index contributed by atoms with van der Waals surface area (Å²) in [5.74, 6) is -0.00262. The normalized spacial score (nSPS) is 22.4. The van der Waals surface area contributed by atoms with Crippen LogP contribution in [0.15, 0.2) is 60.8 Å². The number of nitrogens with zero attached hydrogens (tertiary/aromatic N) is 1. The molecule has 0 spiro atoms. The highest BCUT2D eigenvalue weighted by atomic mass is 19.1. The molecular formula is C29H31FN4O3. The van der Waals surface area contributed by atoms with E-state index in [9.17, 15) is 14.0 Å². The van der Waals surface area contributed by atoms with Crippen molar-refractivity contribution in [2.24, 2.45) is 0 Å². The van der Waals surface area contributed by atoms with Crippen LogP contribution in [0.4, 0.5) is 4.39 Å². The van der Waals surface area contributed by atoms with E-state index in [1.807, 2.05) is 31.2 Å². The molecule has 3 heterocycles. The van der Waals surface area contributed by atoms with Crippen LogP contribution in [0.5, 0.6) is 5.75 Å². The van der Waals surface area contributed by atoms with E-state index in [-0.39, 0.29) is 35.6 Å². The Morgan fingerprint density at radius 2 is 1.89 bits per heavy atom. The smallest absolute Gasteiger partial charge is 0.253 e. The third-order valence-corrected chi connectivity index (χ3v) is 7.50. The van der Waals surface area contributed by atoms with E-state index in [0.717, 1.165) is 36.1 Å². The number of piperidine rings is 1. The predicted octanol–water partition coefficient (Wildman–Crippen LogP) is 3.87. The number of ether oxygens (including phenoxy) is 1. The van der Waals surface area contributed by atoms with Crippen molar-refractivity contribution in [1.29, 1.82) is 0 Å². The number of nitrogens with one attached hydrogen (secondary N) is 3. The van der Waals surface area contributed by atoms with Crippen LogP contribution in [0.25, 0.3) is 0 Å². The van der Waals surface area contributed by atoms with Gasteiger partial charge in [0.2, 0.25) is 0 Å². The van der Waals surface area contributed by atoms with Crippen molar-refractivity contribution in [2.75, 3.05) is 7.11 Å². The predicted molar refractivity (Wildman–Crippen MR) is 138 cm³/mol. The number of hydrogen-bond acceptors (Lipinski definition) is 5. The summed E-state index contributed by atoms with van der Waals surface area (Å²) in [6.07, 6.45) is 4.48. The molecule has 2 amide bonds. The van der Waals surface area contributed by atoms with Gasteiger partial charge in [-0.25, -0.2) is 4.39 Å². The molecule has 4 atom stereocenters. The highest BCUT2D eigenvalue weighted by Crippen LogP contribution is 2.37. The van der Waals surface area contributed by atoms with Gasteiger partial charge in [0.1, 0.15) is 11.6 Å². The Balaban J connectivity index is 1.30. The first-order valence-corrected chi connectivity index (χ1v) is 12.6. The van der Waals surface area contributed by atoms with Gasteiger partial charge in [0.25, 0.3) is 11.8 Å². The summed E-state index contributed by atoms with van der Waals surface area (Å²) in [6.45, 7) is 2.19. The van der Waals surface area contributed by atoms with Crippen molar-refractivity contribution in [1.82, 2.24) is 20.9 Å². The van der Waals surface area contributed by atoms with E-state index in [0.29, 0.717) is 29.5 Å². The molecule has 2 saturated heterocycles. The van der Waals surface area contributed by atoms with Crippen LogP contribution in [0, 0.1) is 12.7 Å². The number of carbonyl (C=O) groups is 2. The first-order valence-electron chi connectivity index (χ1n) is 12.6. The fourth-order valence-electron chi connectivity index (χ4n) is 5.56. The summed E-state index contributed by atoms with van der Waals surface area (Å²) >= 11 is 0. The van der Waals surface area contributed by atoms with Crippen LogP contribution >= 0.6 is 0 Å². The fourth-order valence-corrected chi connectivity index (χ4v) is 5.56. The van der Waals surface area contributed by atoms with Crippen LogP contribution < -0.4 is 20.7 Å². The number of hydrogen-bond donors (Lipinski definition) is 3. The molecule has 7 nitrogen and oxygen atoms in total. The summed E-state index contributed by atoms with van der Waals surface area (Å²) < 4.78 is 18.5. The van der Waals surface area contributed by atoms with E-state index in [4.69, 9.17) is 4.74 Å². The van der Waals surface area contributed by atoms with Crippen molar-refractivity contribution < 1.29 is 18.7 Å². The Labute approximate surface area is 215 Å². The Morgan fingerprint density at radius 3 is 2.62 bits per heavy atom. The average Bonchev–Trinajstić information content (AvgIpc) is 3.29. The third-order valence-electron chi connectivity index (χ3n) is 7.50. The van der Waals surface area contributed by atoms with Gasteiger partial charge in [-0.2, -0.15) is 0 Å². The number of methoxy groups -OCH3 is 1. The van der Waals surface area contributed by atoms with Gasteiger partial charge in [-0.1, -0.05) is 18.2 Å². The Morgan fingerprint density at radius 1 is 1.08 bits per heavy atom. The van der Waals surface area contributed by atoms with E-state index in [1.165, 1.54) is 12.1 Å². The van der Waals surface area contributed by atoms with Gasteiger partial charge in [-0.05, 0) is 68.1 Å². The second-order valence-electron chi connectivity index (χ2n) is 9.80. The minimum atomic E-state index is -0.311. The lowest BCUT2D eigenvalue weighted by molar-refractivity contribution is 0.0912. The highest BCUT2D eigenvalue weighted by molar-refractivity contribution is 5.96. The standard InChI is InChI=1S/C29H31FN4O3/c1-17-22(4-3-5-26(17)37-2)29(36)34-25-14-21-11-13-24(33-21)27(25)23-12-8-19(16-31-23)28(35)32-15-18-6-9-20(30)10-7-18/h3-10,12,16,21,24-25,27,33H,11,13-15H2,1-2H3,(H,32,35)(H,34,36). The van der Waals surface area contributed by atoms with Crippen LogP contribution in [-0.4, -0.2) is 42.0 Å². The van der Waals surface area contributed by atoms with E-state index in [2.05, 4.69) is 20.9 Å². The van der Waals surface area contributed by atoms with Gasteiger partial charge in [0, 0.05) is 53.6 Å². The number of halogens is 1. The molecule has 5 rings (SSSR count). The molecule has 2 aliphatic heterocycles. The Kier molecular flexibility index (Phi) is 7.19. The molecule has 2 aromatic carbocycles. The molecular weight excluding hydrogens is 471 g/mol. The van der Waals surface area contributed by atoms with E-state index in [1.54, 1.807) is 31.5 Å². The maximum absolute atomic E-state index is 13.3. The lowest BCUT2D eigenvalue weighted by atomic mass is 9.83. The van der Waals surface area contributed by atoms with Gasteiger partial charge in [0.15, 0.2) is 0 Å². The number of amides is 2. The van der Waals surface area contributed by atoms with E-state index < -0.39 is 0 Å². The lowest BCUT2D eigenvalue weighted by Gasteiger charge is -2.38. The van der Waals surface area contributed by atoms with Crippen molar-refractivity contribution >= 4 is 11.8 Å². The van der Waals surface area contributed by atoms with Crippen molar-refractivity contribution in [3.05, 3.63) is 94.6 Å². The minimum Gasteiger partial charge on any atom is -0.496 e. The Hall–Kier alpha value is -3.78. The summed E-state index contributed by atoms with van der Waals surface area (Å²) in [4.78, 5) is 30.6. The monoisotopic (exact) mass is 502 g/mol. The zero-order valence-corrected chi connectivity index (χ0v) is 21.0. The molecule has 2 fully saturated rings. The second-order valence-corrected chi connectivity index (χ2v) is 9.80. The molecule has 2 bridgehead atoms. The fraction of sp³-hybridized carbons (Fsp3) is 0.345. The van der Waals surface area contributed by atoms with Crippen LogP contribution in [0.2, 0.25) is 0 Å². The second kappa shape index (κ2) is 10.7. The topological polar surface area (TPSA) is 92.4 Å². The van der Waals surface area contributed by atoms with Crippen LogP contribution in [0.3, 0.4) is 0 Å². The molecule has 0 radical (unpaired) electrons. The average molecular weight is 503 g/mol. The highest BCUT2D eigenvalue weighted by Gasteiger charge is 2.43. The van der Waals surface area contributed by atoms with Crippen molar-refractivity contribution in [3.63, 3.8) is 0 Å². The number of carbonyl (C=O) groups excluding carboxylic acids is 2. The SMILES string of the molecule is COc1cccc(C(=O)NC2CC3CCC(N3)C2c2ccc(C(=O)NCc3ccc(F)cc3)cn2)c1C. The van der Waals surface area contributed by atoms with Gasteiger partial charge in [-0.15, -0.1) is 0 Å². The molecule has 3 aromatic rings. The number of fused-ring (bicyclic) bond motifs is 2. The largest absolute Gasteiger partial charge is 0.496 e. The van der Waals surface area contributed by atoms with Crippen LogP contribution in [-0.2, 0) is 6.54 Å². The third kappa shape index (κ3) is 5.34. The number of pyridine rings is 1. The summed E-state index contributed by atoms with van der Waals surface area (Å²) in [5, 5.41) is 9.80. The van der Waals surface area contributed by atoms with Crippen molar-refractivity contribution in [3.8, 4) is 5.75 Å². The minimum absolute atomic E-state index is 0.00931. The first-order chi connectivity index (χ1) is 17.9. The number of benzene rings is 2. The zero-order valence-electron chi connectivity index (χ0n) is 21.0. The van der Waals surface area contributed by atoms with Gasteiger partial charge in [-0.3, -0.25) is 14.6 Å². The summed E-state index contributed by atoms with van der Waals surface area (Å²) in [7, 11) is 1.60. The first kappa shape index (κ1) is 24.9. The molecule has 0 saturated carbocycles. The quantitative estimate of drug-likeness (QED) is 0.456. The van der Waals surface area contributed by atoms with Crippen LogP contribution in [0.1, 0.15) is 62.7 Å². The Bertz CT molecular complexity index is 1280.